The molecule has 0 unspecified atom stereocenters. The molecule has 3 heteroatoms. The predicted octanol–water partition coefficient (Wildman–Crippen LogP) is 13.0. The van der Waals surface area contributed by atoms with Crippen LogP contribution in [0.2, 0.25) is 0 Å². The molecule has 0 spiro atoms. The first-order valence-electron chi connectivity index (χ1n) is 17.9. The van der Waals surface area contributed by atoms with Crippen LogP contribution in [0.3, 0.4) is 0 Å². The van der Waals surface area contributed by atoms with Gasteiger partial charge in [-0.15, -0.1) is 0 Å². The van der Waals surface area contributed by atoms with Crippen molar-refractivity contribution in [3.63, 3.8) is 0 Å². The molecule has 1 heterocycles. The van der Waals surface area contributed by atoms with Gasteiger partial charge in [0.15, 0.2) is 17.5 Å². The first-order valence-corrected chi connectivity index (χ1v) is 17.9. The van der Waals surface area contributed by atoms with E-state index in [2.05, 4.69) is 189 Å². The topological polar surface area (TPSA) is 38.7 Å². The molecule has 0 aliphatic heterocycles. The Labute approximate surface area is 310 Å². The quantitative estimate of drug-likeness (QED) is 0.169. The van der Waals surface area contributed by atoms with E-state index in [9.17, 15) is 0 Å². The first kappa shape index (κ1) is 32.0. The summed E-state index contributed by atoms with van der Waals surface area (Å²) in [5, 5.41) is 2.42. The highest BCUT2D eigenvalue weighted by Gasteiger charge is 2.16. The van der Waals surface area contributed by atoms with Gasteiger partial charge >= 0.3 is 0 Å². The van der Waals surface area contributed by atoms with Crippen LogP contribution < -0.4 is 0 Å². The number of fused-ring (bicyclic) bond motifs is 1. The number of aromatic nitrogens is 3. The molecule has 0 amide bonds. The highest BCUT2D eigenvalue weighted by atomic mass is 15.0. The summed E-state index contributed by atoms with van der Waals surface area (Å²) in [6, 6.07) is 68.3. The Bertz CT molecular complexity index is 2580. The molecule has 0 saturated heterocycles. The zero-order chi connectivity index (χ0) is 35.6. The maximum absolute atomic E-state index is 5.18. The van der Waals surface area contributed by atoms with Crippen molar-refractivity contribution in [2.45, 2.75) is 6.92 Å². The van der Waals surface area contributed by atoms with Crippen molar-refractivity contribution in [3.8, 4) is 78.7 Å². The largest absolute Gasteiger partial charge is 0.208 e. The normalized spacial score (nSPS) is 11.1. The van der Waals surface area contributed by atoms with Crippen LogP contribution >= 0.6 is 0 Å². The van der Waals surface area contributed by atoms with Crippen LogP contribution in [0.1, 0.15) is 5.56 Å². The zero-order valence-corrected chi connectivity index (χ0v) is 29.3. The molecule has 9 aromatic rings. The highest BCUT2D eigenvalue weighted by Crippen LogP contribution is 2.35. The summed E-state index contributed by atoms with van der Waals surface area (Å²) in [5.74, 6) is 1.88. The van der Waals surface area contributed by atoms with Crippen molar-refractivity contribution in [2.24, 2.45) is 0 Å². The number of benzene rings is 8. The average Bonchev–Trinajstić information content (AvgIpc) is 3.24. The fraction of sp³-hybridized carbons (Fsp3) is 0.0200. The lowest BCUT2D eigenvalue weighted by molar-refractivity contribution is 1.07. The van der Waals surface area contributed by atoms with Crippen LogP contribution in [0.15, 0.2) is 194 Å². The SMILES string of the molecule is Cc1ccc(-c2cc(-c3ccc4ccccc4c3)cc(-c3nc(-c4ccc(-c5ccccc5)cc4)nc(-c4ccc(-c5ccccc5)cc4)n3)c2)cc1. The third-order valence-corrected chi connectivity index (χ3v) is 9.79. The van der Waals surface area contributed by atoms with Gasteiger partial charge in [-0.05, 0) is 86.5 Å². The predicted molar refractivity (Wildman–Crippen MR) is 220 cm³/mol. The van der Waals surface area contributed by atoms with Gasteiger partial charge in [-0.1, -0.05) is 175 Å². The number of nitrogens with zero attached hydrogens (tertiary/aromatic N) is 3. The van der Waals surface area contributed by atoms with E-state index in [4.69, 9.17) is 15.0 Å². The minimum Gasteiger partial charge on any atom is -0.208 e. The lowest BCUT2D eigenvalue weighted by atomic mass is 9.94. The summed E-state index contributed by atoms with van der Waals surface area (Å²) >= 11 is 0. The van der Waals surface area contributed by atoms with Gasteiger partial charge in [-0.3, -0.25) is 0 Å². The molecular formula is C50H35N3. The van der Waals surface area contributed by atoms with Gasteiger partial charge in [0.25, 0.3) is 0 Å². The van der Waals surface area contributed by atoms with Gasteiger partial charge in [0.2, 0.25) is 0 Å². The van der Waals surface area contributed by atoms with Crippen LogP contribution in [-0.4, -0.2) is 15.0 Å². The fourth-order valence-electron chi connectivity index (χ4n) is 6.85. The fourth-order valence-corrected chi connectivity index (χ4v) is 6.85. The minimum atomic E-state index is 0.625. The van der Waals surface area contributed by atoms with Gasteiger partial charge in [0.1, 0.15) is 0 Å². The molecule has 0 aliphatic carbocycles. The van der Waals surface area contributed by atoms with Gasteiger partial charge in [-0.25, -0.2) is 15.0 Å². The van der Waals surface area contributed by atoms with Crippen LogP contribution in [-0.2, 0) is 0 Å². The van der Waals surface area contributed by atoms with Crippen molar-refractivity contribution in [1.82, 2.24) is 15.0 Å². The molecule has 0 fully saturated rings. The van der Waals surface area contributed by atoms with Crippen molar-refractivity contribution in [2.75, 3.05) is 0 Å². The third kappa shape index (κ3) is 6.76. The summed E-state index contributed by atoms with van der Waals surface area (Å²) in [6.07, 6.45) is 0. The molecule has 0 atom stereocenters. The number of hydrogen-bond donors (Lipinski definition) is 0. The Hall–Kier alpha value is -6.97. The maximum atomic E-state index is 5.18. The first-order chi connectivity index (χ1) is 26.1. The van der Waals surface area contributed by atoms with Gasteiger partial charge in [0.05, 0.1) is 0 Å². The van der Waals surface area contributed by atoms with E-state index in [0.717, 1.165) is 50.1 Å². The summed E-state index contributed by atoms with van der Waals surface area (Å²) in [4.78, 5) is 15.4. The number of hydrogen-bond acceptors (Lipinski definition) is 3. The van der Waals surface area contributed by atoms with Gasteiger partial charge in [0, 0.05) is 16.7 Å². The van der Waals surface area contributed by atoms with Crippen LogP contribution in [0.5, 0.6) is 0 Å². The summed E-state index contributed by atoms with van der Waals surface area (Å²) in [6.45, 7) is 2.12. The Kier molecular flexibility index (Phi) is 8.43. The van der Waals surface area contributed by atoms with E-state index in [1.54, 1.807) is 0 Å². The van der Waals surface area contributed by atoms with Crippen LogP contribution in [0, 0.1) is 6.92 Å². The summed E-state index contributed by atoms with van der Waals surface area (Å²) < 4.78 is 0. The van der Waals surface area contributed by atoms with E-state index < -0.39 is 0 Å². The molecule has 9 rings (SSSR count). The Morgan fingerprint density at radius 3 is 1.15 bits per heavy atom. The number of aryl methyl sites for hydroxylation is 1. The van der Waals surface area contributed by atoms with E-state index >= 15 is 0 Å². The maximum Gasteiger partial charge on any atom is 0.164 e. The molecule has 8 aromatic carbocycles. The molecular weight excluding hydrogens is 643 g/mol. The minimum absolute atomic E-state index is 0.625. The average molecular weight is 678 g/mol. The number of rotatable bonds is 7. The standard InChI is InChI=1S/C50H35N3/c1-34-16-18-40(19-17-34)45-31-46(44-29-24-37-14-8-9-15-43(37)30-44)33-47(32-45)50-52-48(41-25-20-38(21-26-41)35-10-4-2-5-11-35)51-49(53-50)42-27-22-39(23-28-42)36-12-6-3-7-13-36/h2-33H,1H3. The monoisotopic (exact) mass is 677 g/mol. The molecule has 1 aromatic heterocycles. The van der Waals surface area contributed by atoms with Crippen LogP contribution in [0.4, 0.5) is 0 Å². The lowest BCUT2D eigenvalue weighted by Gasteiger charge is -2.13. The van der Waals surface area contributed by atoms with Crippen molar-refractivity contribution in [3.05, 3.63) is 200 Å². The zero-order valence-electron chi connectivity index (χ0n) is 29.3. The highest BCUT2D eigenvalue weighted by molar-refractivity contribution is 5.89. The van der Waals surface area contributed by atoms with Crippen molar-refractivity contribution in [1.29, 1.82) is 0 Å². The molecule has 0 saturated carbocycles. The summed E-state index contributed by atoms with van der Waals surface area (Å²) in [7, 11) is 0. The third-order valence-electron chi connectivity index (χ3n) is 9.79. The Morgan fingerprint density at radius 1 is 0.245 bits per heavy atom. The lowest BCUT2D eigenvalue weighted by Crippen LogP contribution is -2.00. The van der Waals surface area contributed by atoms with Gasteiger partial charge < -0.3 is 0 Å². The smallest absolute Gasteiger partial charge is 0.164 e. The molecule has 0 radical (unpaired) electrons. The second-order valence-electron chi connectivity index (χ2n) is 13.4. The molecule has 3 nitrogen and oxygen atoms in total. The van der Waals surface area contributed by atoms with Crippen molar-refractivity contribution < 1.29 is 0 Å². The Morgan fingerprint density at radius 2 is 0.604 bits per heavy atom. The molecule has 0 N–H and O–H groups in total. The summed E-state index contributed by atoms with van der Waals surface area (Å²) in [5.41, 5.74) is 13.1. The molecule has 0 aliphatic rings. The van der Waals surface area contributed by atoms with Gasteiger partial charge in [-0.2, -0.15) is 0 Å². The van der Waals surface area contributed by atoms with Crippen molar-refractivity contribution >= 4 is 10.8 Å². The van der Waals surface area contributed by atoms with Crippen LogP contribution in [0.25, 0.3) is 89.4 Å². The van der Waals surface area contributed by atoms with E-state index in [1.165, 1.54) is 27.5 Å². The van der Waals surface area contributed by atoms with E-state index in [1.807, 2.05) is 12.1 Å². The Balaban J connectivity index is 1.21. The second kappa shape index (κ2) is 14.0. The second-order valence-corrected chi connectivity index (χ2v) is 13.4. The molecule has 250 valence electrons. The van der Waals surface area contributed by atoms with E-state index in [-0.39, 0.29) is 0 Å². The van der Waals surface area contributed by atoms with E-state index in [0.29, 0.717) is 17.5 Å². The molecule has 0 bridgehead atoms. The molecule has 53 heavy (non-hydrogen) atoms.